The fraction of sp³-hybridized carbons (Fsp3) is 0.111. The van der Waals surface area contributed by atoms with Crippen LogP contribution in [-0.4, -0.2) is 31.0 Å². The molecule has 3 rings (SSSR count). The number of fused-ring (bicyclic) bond motifs is 1. The van der Waals surface area contributed by atoms with Crippen LogP contribution >= 0.6 is 0 Å². The van der Waals surface area contributed by atoms with E-state index in [1.807, 2.05) is 13.0 Å². The van der Waals surface area contributed by atoms with Crippen molar-refractivity contribution in [2.45, 2.75) is 23.6 Å². The van der Waals surface area contributed by atoms with E-state index in [1.54, 1.807) is 19.1 Å². The standard InChI is InChI=1S/C18H17N3O7S2/c1-9-3-4-14(10(2)5-9)20-21-17-15(30(26,27)28)7-11-6-12(29(23,24)25)8-13(19)16(11)18(17)22/h3-8,22H,19H2,1-2H3,(H,23,24,25)(H,26,27,28)/b21-20+. The topological polar surface area (TPSA) is 180 Å². The van der Waals surface area contributed by atoms with E-state index in [4.69, 9.17) is 5.73 Å². The first-order valence-corrected chi connectivity index (χ1v) is 11.2. The van der Waals surface area contributed by atoms with Crippen LogP contribution in [0.1, 0.15) is 11.1 Å². The second kappa shape index (κ2) is 7.32. The van der Waals surface area contributed by atoms with E-state index in [2.05, 4.69) is 10.2 Å². The van der Waals surface area contributed by atoms with Crippen molar-refractivity contribution in [3.05, 3.63) is 47.5 Å². The van der Waals surface area contributed by atoms with Crippen LogP contribution in [0.5, 0.6) is 5.75 Å². The van der Waals surface area contributed by atoms with Crippen molar-refractivity contribution >= 4 is 48.1 Å². The summed E-state index contributed by atoms with van der Waals surface area (Å²) in [5.41, 5.74) is 7.09. The highest BCUT2D eigenvalue weighted by Gasteiger charge is 2.24. The lowest BCUT2D eigenvalue weighted by atomic mass is 10.1. The van der Waals surface area contributed by atoms with E-state index in [9.17, 15) is 31.0 Å². The van der Waals surface area contributed by atoms with Gasteiger partial charge in [-0.2, -0.15) is 21.9 Å². The maximum atomic E-state index is 11.9. The van der Waals surface area contributed by atoms with E-state index in [0.717, 1.165) is 29.3 Å². The first-order valence-electron chi connectivity index (χ1n) is 8.32. The van der Waals surface area contributed by atoms with E-state index in [0.29, 0.717) is 5.69 Å². The number of nitrogen functional groups attached to an aromatic ring is 1. The maximum Gasteiger partial charge on any atom is 0.296 e. The molecule has 0 aliphatic heterocycles. The van der Waals surface area contributed by atoms with Gasteiger partial charge in [0.25, 0.3) is 20.2 Å². The average molecular weight is 451 g/mol. The molecule has 0 aliphatic carbocycles. The minimum absolute atomic E-state index is 0.121. The monoisotopic (exact) mass is 451 g/mol. The summed E-state index contributed by atoms with van der Waals surface area (Å²) >= 11 is 0. The number of phenols is 1. The lowest BCUT2D eigenvalue weighted by Gasteiger charge is -2.12. The first-order chi connectivity index (χ1) is 13.8. The normalized spacial score (nSPS) is 12.7. The SMILES string of the molecule is Cc1ccc(/N=N/c2c(S(=O)(=O)O)cc3cc(S(=O)(=O)O)cc(N)c3c2O)c(C)c1. The molecule has 0 fully saturated rings. The number of hydrogen-bond donors (Lipinski definition) is 4. The second-order valence-electron chi connectivity index (χ2n) is 6.62. The fourth-order valence-electron chi connectivity index (χ4n) is 2.95. The number of azo groups is 1. The Morgan fingerprint density at radius 1 is 0.900 bits per heavy atom. The van der Waals surface area contributed by atoms with Gasteiger partial charge in [0.2, 0.25) is 0 Å². The van der Waals surface area contributed by atoms with Gasteiger partial charge in [-0.3, -0.25) is 9.11 Å². The molecule has 3 aromatic carbocycles. The van der Waals surface area contributed by atoms with Gasteiger partial charge in [0, 0.05) is 11.1 Å². The quantitative estimate of drug-likeness (QED) is 0.263. The maximum absolute atomic E-state index is 11.9. The average Bonchev–Trinajstić information content (AvgIpc) is 2.60. The number of nitrogens with two attached hydrogens (primary N) is 1. The zero-order valence-corrected chi connectivity index (χ0v) is 17.4. The summed E-state index contributed by atoms with van der Waals surface area (Å²) in [5.74, 6) is -0.729. The highest BCUT2D eigenvalue weighted by molar-refractivity contribution is 7.86. The number of anilines is 1. The van der Waals surface area contributed by atoms with Gasteiger partial charge in [-0.25, -0.2) is 0 Å². The van der Waals surface area contributed by atoms with Gasteiger partial charge >= 0.3 is 0 Å². The van der Waals surface area contributed by atoms with Crippen LogP contribution in [0.3, 0.4) is 0 Å². The van der Waals surface area contributed by atoms with Crippen LogP contribution in [0.2, 0.25) is 0 Å². The van der Waals surface area contributed by atoms with E-state index in [1.165, 1.54) is 0 Å². The molecule has 158 valence electrons. The molecule has 0 aliphatic rings. The Kier molecular flexibility index (Phi) is 5.28. The summed E-state index contributed by atoms with van der Waals surface area (Å²) in [4.78, 5) is -1.43. The molecule has 0 aromatic heterocycles. The molecule has 30 heavy (non-hydrogen) atoms. The van der Waals surface area contributed by atoms with Crippen LogP contribution in [0.15, 0.2) is 56.4 Å². The molecule has 0 spiro atoms. The minimum Gasteiger partial charge on any atom is -0.505 e. The van der Waals surface area contributed by atoms with Gasteiger partial charge in [0.1, 0.15) is 10.6 Å². The van der Waals surface area contributed by atoms with Crippen LogP contribution in [0.25, 0.3) is 10.8 Å². The van der Waals surface area contributed by atoms with Crippen molar-refractivity contribution in [2.24, 2.45) is 10.2 Å². The molecule has 0 atom stereocenters. The molecule has 0 saturated carbocycles. The summed E-state index contributed by atoms with van der Waals surface area (Å²) in [6.07, 6.45) is 0. The summed E-state index contributed by atoms with van der Waals surface area (Å²) < 4.78 is 65.4. The lowest BCUT2D eigenvalue weighted by Crippen LogP contribution is -2.02. The van der Waals surface area contributed by atoms with Crippen LogP contribution < -0.4 is 5.73 Å². The predicted molar refractivity (Wildman–Crippen MR) is 110 cm³/mol. The second-order valence-corrected chi connectivity index (χ2v) is 9.43. The van der Waals surface area contributed by atoms with Crippen LogP contribution in [0, 0.1) is 13.8 Å². The van der Waals surface area contributed by atoms with Gasteiger partial charge < -0.3 is 10.8 Å². The summed E-state index contributed by atoms with van der Waals surface area (Å²) in [7, 11) is -9.55. The van der Waals surface area contributed by atoms with E-state index in [-0.39, 0.29) is 16.5 Å². The molecule has 10 nitrogen and oxygen atoms in total. The molecule has 3 aromatic rings. The number of nitrogens with zero attached hydrogens (tertiary/aromatic N) is 2. The molecule has 12 heteroatoms. The molecule has 0 saturated heterocycles. The molecule has 0 radical (unpaired) electrons. The molecular weight excluding hydrogens is 434 g/mol. The Bertz CT molecular complexity index is 1430. The number of rotatable bonds is 4. The van der Waals surface area contributed by atoms with Crippen molar-refractivity contribution in [3.8, 4) is 5.75 Å². The van der Waals surface area contributed by atoms with Crippen LogP contribution in [0.4, 0.5) is 17.1 Å². The predicted octanol–water partition coefficient (Wildman–Crippen LogP) is 3.65. The van der Waals surface area contributed by atoms with E-state index < -0.39 is 41.5 Å². The van der Waals surface area contributed by atoms with Crippen molar-refractivity contribution in [1.82, 2.24) is 0 Å². The number of aryl methyl sites for hydroxylation is 2. The molecule has 0 amide bonds. The van der Waals surface area contributed by atoms with Crippen molar-refractivity contribution in [3.63, 3.8) is 0 Å². The molecule has 0 unspecified atom stereocenters. The zero-order valence-electron chi connectivity index (χ0n) is 15.7. The highest BCUT2D eigenvalue weighted by Crippen LogP contribution is 2.44. The van der Waals surface area contributed by atoms with Crippen molar-refractivity contribution in [1.29, 1.82) is 0 Å². The summed E-state index contributed by atoms with van der Waals surface area (Å²) in [6.45, 7) is 3.64. The molecular formula is C18H17N3O7S2. The van der Waals surface area contributed by atoms with Gasteiger partial charge in [-0.05, 0) is 49.1 Å². The first kappa shape index (κ1) is 21.6. The van der Waals surface area contributed by atoms with Gasteiger partial charge in [0.05, 0.1) is 10.6 Å². The fourth-order valence-corrected chi connectivity index (χ4v) is 4.16. The number of benzene rings is 3. The highest BCUT2D eigenvalue weighted by atomic mass is 32.2. The zero-order chi connectivity index (χ0) is 22.4. The number of aromatic hydroxyl groups is 1. The molecule has 5 N–H and O–H groups in total. The lowest BCUT2D eigenvalue weighted by molar-refractivity contribution is 0.472. The smallest absolute Gasteiger partial charge is 0.296 e. The van der Waals surface area contributed by atoms with Gasteiger partial charge in [0.15, 0.2) is 5.75 Å². The minimum atomic E-state index is -4.90. The Morgan fingerprint density at radius 3 is 2.13 bits per heavy atom. The summed E-state index contributed by atoms with van der Waals surface area (Å²) in [5, 5.41) is 18.1. The van der Waals surface area contributed by atoms with Crippen LogP contribution in [-0.2, 0) is 20.2 Å². The third-order valence-corrected chi connectivity index (χ3v) is 6.04. The van der Waals surface area contributed by atoms with E-state index >= 15 is 0 Å². The third-order valence-electron chi connectivity index (χ3n) is 4.34. The Labute approximate surface area is 172 Å². The largest absolute Gasteiger partial charge is 0.505 e. The Balaban J connectivity index is 2.34. The van der Waals surface area contributed by atoms with Gasteiger partial charge in [-0.15, -0.1) is 5.11 Å². The third kappa shape index (κ3) is 4.11. The summed E-state index contributed by atoms with van der Waals surface area (Å²) in [6, 6.07) is 7.92. The Hall–Kier alpha value is -3.06. The van der Waals surface area contributed by atoms with Crippen molar-refractivity contribution in [2.75, 3.05) is 5.73 Å². The molecule has 0 bridgehead atoms. The Morgan fingerprint density at radius 2 is 1.57 bits per heavy atom. The molecule has 0 heterocycles. The number of hydrogen-bond acceptors (Lipinski definition) is 8. The van der Waals surface area contributed by atoms with Crippen molar-refractivity contribution < 1.29 is 31.0 Å². The van der Waals surface area contributed by atoms with Gasteiger partial charge in [-0.1, -0.05) is 17.7 Å². The number of phenolic OH excluding ortho intramolecular Hbond substituents is 1.